The molecule has 0 spiro atoms. The van der Waals surface area contributed by atoms with Crippen LogP contribution in [0.15, 0.2) is 40.6 Å². The Kier molecular flexibility index (Phi) is 5.73. The van der Waals surface area contributed by atoms with Gasteiger partial charge in [0.15, 0.2) is 0 Å². The van der Waals surface area contributed by atoms with Crippen LogP contribution in [0.25, 0.3) is 0 Å². The maximum absolute atomic E-state index is 10.9. The molecule has 3 rings (SSSR count). The van der Waals surface area contributed by atoms with Crippen molar-refractivity contribution < 1.29 is 9.53 Å². The topological polar surface area (TPSA) is 113 Å². The Morgan fingerprint density at radius 1 is 1.46 bits per heavy atom. The van der Waals surface area contributed by atoms with E-state index in [0.717, 1.165) is 42.9 Å². The highest BCUT2D eigenvalue weighted by atomic mass is 16.5. The number of nitrogens with two attached hydrogens (primary N) is 1. The number of guanidine groups is 1. The van der Waals surface area contributed by atoms with Gasteiger partial charge in [0.2, 0.25) is 11.9 Å². The Morgan fingerprint density at radius 2 is 2.31 bits per heavy atom. The fourth-order valence-electron chi connectivity index (χ4n) is 2.41. The largest absolute Gasteiger partial charge is 0.491 e. The third-order valence-electron chi connectivity index (χ3n) is 3.82. The zero-order valence-electron chi connectivity index (χ0n) is 14.6. The minimum atomic E-state index is -0.450. The van der Waals surface area contributed by atoms with E-state index in [0.29, 0.717) is 24.4 Å². The highest BCUT2D eigenvalue weighted by Gasteiger charge is 2.21. The summed E-state index contributed by atoms with van der Waals surface area (Å²) in [6.45, 7) is 5.46. The maximum atomic E-state index is 10.9. The average Bonchev–Trinajstić information content (AvgIpc) is 3.40. The van der Waals surface area contributed by atoms with Gasteiger partial charge in [0.05, 0.1) is 18.7 Å². The summed E-state index contributed by atoms with van der Waals surface area (Å²) in [5.41, 5.74) is 6.88. The molecule has 1 aromatic carbocycles. The lowest BCUT2D eigenvalue weighted by Gasteiger charge is -2.12. The first kappa shape index (κ1) is 17.8. The van der Waals surface area contributed by atoms with Crippen LogP contribution in [0.1, 0.15) is 25.7 Å². The Bertz CT molecular complexity index is 739. The number of aliphatic imine (C=N–C) groups is 2. The van der Waals surface area contributed by atoms with Crippen molar-refractivity contribution in [1.29, 1.82) is 0 Å². The number of benzene rings is 1. The van der Waals surface area contributed by atoms with Gasteiger partial charge in [-0.3, -0.25) is 4.79 Å². The summed E-state index contributed by atoms with van der Waals surface area (Å²) in [6, 6.07) is 6.17. The molecule has 0 unspecified atom stereocenters. The number of primary amides is 1. The van der Waals surface area contributed by atoms with Crippen LogP contribution in [0, 0.1) is 0 Å². The minimum absolute atomic E-state index is 0.0445. The van der Waals surface area contributed by atoms with E-state index in [2.05, 4.69) is 32.5 Å². The Hall–Kier alpha value is -3.03. The quantitative estimate of drug-likeness (QED) is 0.459. The van der Waals surface area contributed by atoms with Gasteiger partial charge in [0, 0.05) is 24.5 Å². The molecule has 1 aliphatic carbocycles. The van der Waals surface area contributed by atoms with E-state index in [9.17, 15) is 4.79 Å². The number of hydrogen-bond donors (Lipinski definition) is 4. The van der Waals surface area contributed by atoms with Gasteiger partial charge in [-0.15, -0.1) is 0 Å². The van der Waals surface area contributed by atoms with Crippen LogP contribution in [0.5, 0.6) is 5.75 Å². The summed E-state index contributed by atoms with van der Waals surface area (Å²) in [7, 11) is 0. The normalized spacial score (nSPS) is 16.8. The molecular weight excluding hydrogens is 332 g/mol. The summed E-state index contributed by atoms with van der Waals surface area (Å²) in [5.74, 6) is 1.24. The molecular formula is C18H24N6O2. The Morgan fingerprint density at radius 3 is 3.08 bits per heavy atom. The number of nitrogens with one attached hydrogen (secondary N) is 3. The van der Waals surface area contributed by atoms with E-state index in [1.165, 1.54) is 6.21 Å². The molecule has 8 heteroatoms. The second-order valence-electron chi connectivity index (χ2n) is 6.25. The zero-order chi connectivity index (χ0) is 18.4. The average molecular weight is 356 g/mol. The molecule has 1 aliphatic heterocycles. The number of rotatable bonds is 6. The van der Waals surface area contributed by atoms with Gasteiger partial charge in [-0.25, -0.2) is 4.99 Å². The van der Waals surface area contributed by atoms with Gasteiger partial charge in [-0.05, 0) is 37.5 Å². The lowest BCUT2D eigenvalue weighted by Crippen LogP contribution is -2.18. The van der Waals surface area contributed by atoms with E-state index in [1.807, 2.05) is 18.2 Å². The van der Waals surface area contributed by atoms with Gasteiger partial charge in [-0.2, -0.15) is 4.99 Å². The van der Waals surface area contributed by atoms with Crippen molar-refractivity contribution in [2.75, 3.05) is 23.8 Å². The first-order valence-electron chi connectivity index (χ1n) is 8.73. The molecule has 2 aliphatic rings. The SMILES string of the molecule is C=C(/N=C(\N=C/CC(N)=O)Nc1ccc2c(c1)NCCCO2)NC1CC1. The number of nitrogens with zero attached hydrogens (tertiary/aromatic N) is 2. The van der Waals surface area contributed by atoms with Gasteiger partial charge in [0.1, 0.15) is 11.6 Å². The van der Waals surface area contributed by atoms with Crippen LogP contribution in [0.2, 0.25) is 0 Å². The predicted octanol–water partition coefficient (Wildman–Crippen LogP) is 1.82. The molecule has 1 amide bonds. The van der Waals surface area contributed by atoms with E-state index in [1.54, 1.807) is 0 Å². The molecule has 1 fully saturated rings. The molecule has 5 N–H and O–H groups in total. The highest BCUT2D eigenvalue weighted by molar-refractivity contribution is 6.01. The number of fused-ring (bicyclic) bond motifs is 1. The minimum Gasteiger partial charge on any atom is -0.491 e. The molecule has 0 aromatic heterocycles. The van der Waals surface area contributed by atoms with Gasteiger partial charge >= 0.3 is 0 Å². The van der Waals surface area contributed by atoms with Crippen LogP contribution in [0.3, 0.4) is 0 Å². The number of carbonyl (C=O) groups excluding carboxylic acids is 1. The highest BCUT2D eigenvalue weighted by Crippen LogP contribution is 2.29. The van der Waals surface area contributed by atoms with Crippen molar-refractivity contribution in [3.05, 3.63) is 30.6 Å². The predicted molar refractivity (Wildman–Crippen MR) is 104 cm³/mol. The second kappa shape index (κ2) is 8.37. The molecule has 0 saturated heterocycles. The van der Waals surface area contributed by atoms with Crippen molar-refractivity contribution in [2.45, 2.75) is 31.7 Å². The molecule has 1 heterocycles. The number of ether oxygens (including phenoxy) is 1. The fourth-order valence-corrected chi connectivity index (χ4v) is 2.41. The summed E-state index contributed by atoms with van der Waals surface area (Å²) < 4.78 is 5.69. The zero-order valence-corrected chi connectivity index (χ0v) is 14.6. The van der Waals surface area contributed by atoms with Gasteiger partial charge < -0.3 is 26.4 Å². The summed E-state index contributed by atoms with van der Waals surface area (Å²) in [4.78, 5) is 19.5. The van der Waals surface area contributed by atoms with Crippen LogP contribution in [-0.2, 0) is 4.79 Å². The molecule has 0 radical (unpaired) electrons. The third kappa shape index (κ3) is 5.51. The third-order valence-corrected chi connectivity index (χ3v) is 3.82. The maximum Gasteiger partial charge on any atom is 0.228 e. The van der Waals surface area contributed by atoms with E-state index in [-0.39, 0.29) is 6.42 Å². The Balaban J connectivity index is 1.74. The number of amides is 1. The van der Waals surface area contributed by atoms with Crippen molar-refractivity contribution in [2.24, 2.45) is 15.7 Å². The fraction of sp³-hybridized carbons (Fsp3) is 0.389. The van der Waals surface area contributed by atoms with Gasteiger partial charge in [-0.1, -0.05) is 6.58 Å². The molecule has 26 heavy (non-hydrogen) atoms. The lowest BCUT2D eigenvalue weighted by atomic mass is 10.2. The molecule has 1 saturated carbocycles. The van der Waals surface area contributed by atoms with Crippen LogP contribution in [0.4, 0.5) is 11.4 Å². The monoisotopic (exact) mass is 356 g/mol. The lowest BCUT2D eigenvalue weighted by molar-refractivity contribution is -0.116. The van der Waals surface area contributed by atoms with Crippen LogP contribution >= 0.6 is 0 Å². The summed E-state index contributed by atoms with van der Waals surface area (Å²) in [5, 5.41) is 9.70. The number of carbonyl (C=O) groups is 1. The molecule has 8 nitrogen and oxygen atoms in total. The van der Waals surface area contributed by atoms with Gasteiger partial charge in [0.25, 0.3) is 0 Å². The summed E-state index contributed by atoms with van der Waals surface area (Å²) in [6.07, 6.45) is 4.68. The van der Waals surface area contributed by atoms with Crippen molar-refractivity contribution in [3.8, 4) is 5.75 Å². The Labute approximate surface area is 152 Å². The first-order valence-corrected chi connectivity index (χ1v) is 8.73. The number of hydrogen-bond acceptors (Lipinski definition) is 5. The second-order valence-corrected chi connectivity index (χ2v) is 6.25. The molecule has 0 atom stereocenters. The molecule has 0 bridgehead atoms. The standard InChI is InChI=1S/C18H24N6O2/c1-12(22-13-3-4-13)23-18(21-9-7-17(19)25)24-14-5-6-16-15(11-14)20-8-2-10-26-16/h5-6,9,11,13,20,22H,1-4,7-8,10H2,(H2,19,25)(H,23,24)/b21-9-. The van der Waals surface area contributed by atoms with E-state index < -0.39 is 5.91 Å². The van der Waals surface area contributed by atoms with E-state index in [4.69, 9.17) is 10.5 Å². The van der Waals surface area contributed by atoms with Crippen LogP contribution in [-0.4, -0.2) is 37.3 Å². The number of anilines is 2. The van der Waals surface area contributed by atoms with Crippen molar-refractivity contribution in [3.63, 3.8) is 0 Å². The summed E-state index contributed by atoms with van der Waals surface area (Å²) >= 11 is 0. The van der Waals surface area contributed by atoms with Crippen molar-refractivity contribution in [1.82, 2.24) is 5.32 Å². The first-order chi connectivity index (χ1) is 12.6. The smallest absolute Gasteiger partial charge is 0.228 e. The molecule has 138 valence electrons. The van der Waals surface area contributed by atoms with Crippen LogP contribution < -0.4 is 26.4 Å². The molecule has 1 aromatic rings. The van der Waals surface area contributed by atoms with Crippen molar-refractivity contribution >= 4 is 29.5 Å². The van der Waals surface area contributed by atoms with E-state index >= 15 is 0 Å².